The lowest BCUT2D eigenvalue weighted by atomic mass is 10.2. The van der Waals surface area contributed by atoms with Gasteiger partial charge in [-0.05, 0) is 13.0 Å². The molecule has 1 aliphatic rings. The molecule has 0 atom stereocenters. The number of aryl methyl sites for hydroxylation is 1. The van der Waals surface area contributed by atoms with Gasteiger partial charge in [0.05, 0.1) is 17.9 Å². The number of nitrogens with one attached hydrogen (secondary N) is 2. The Morgan fingerprint density at radius 2 is 2.33 bits per heavy atom. The second-order valence-corrected chi connectivity index (χ2v) is 5.72. The predicted octanol–water partition coefficient (Wildman–Crippen LogP) is 2.31. The minimum Gasteiger partial charge on any atom is -0.476 e. The molecule has 1 aliphatic heterocycles. The van der Waals surface area contributed by atoms with E-state index < -0.39 is 0 Å². The molecular weight excluding hydrogens is 288 g/mol. The van der Waals surface area contributed by atoms with Crippen LogP contribution in [-0.2, 0) is 6.42 Å². The molecule has 4 heterocycles. The lowest BCUT2D eigenvalue weighted by Crippen LogP contribution is -1.98. The number of H-pyrrole nitrogens is 1. The van der Waals surface area contributed by atoms with Gasteiger partial charge in [-0.15, -0.1) is 16.4 Å². The molecule has 0 amide bonds. The zero-order valence-electron chi connectivity index (χ0n) is 11.3. The number of aromatic nitrogens is 5. The van der Waals surface area contributed by atoms with Crippen LogP contribution in [0.25, 0.3) is 11.3 Å². The molecule has 106 valence electrons. The Morgan fingerprint density at radius 1 is 1.38 bits per heavy atom. The van der Waals surface area contributed by atoms with Crippen LogP contribution >= 0.6 is 11.3 Å². The third-order valence-electron chi connectivity index (χ3n) is 3.14. The van der Waals surface area contributed by atoms with Crippen LogP contribution in [0.15, 0.2) is 18.5 Å². The summed E-state index contributed by atoms with van der Waals surface area (Å²) in [6.45, 7) is 2.53. The number of fused-ring (bicyclic) bond motifs is 3. The highest BCUT2D eigenvalue weighted by atomic mass is 32.1. The van der Waals surface area contributed by atoms with Gasteiger partial charge < -0.3 is 10.1 Å². The molecule has 8 heteroatoms. The SMILES string of the molecule is Cc1ccnc(Nc2nc3c(s2)CCOc2n[nH]cc2-3)n1. The summed E-state index contributed by atoms with van der Waals surface area (Å²) in [5.41, 5.74) is 2.73. The summed E-state index contributed by atoms with van der Waals surface area (Å²) < 4.78 is 5.58. The average molecular weight is 300 g/mol. The maximum Gasteiger partial charge on any atom is 0.242 e. The van der Waals surface area contributed by atoms with Gasteiger partial charge in [0.25, 0.3) is 0 Å². The summed E-state index contributed by atoms with van der Waals surface area (Å²) in [4.78, 5) is 14.3. The summed E-state index contributed by atoms with van der Waals surface area (Å²) in [6.07, 6.45) is 4.36. The van der Waals surface area contributed by atoms with Crippen molar-refractivity contribution in [1.82, 2.24) is 25.1 Å². The molecule has 0 aliphatic carbocycles. The van der Waals surface area contributed by atoms with Crippen LogP contribution in [-0.4, -0.2) is 31.8 Å². The van der Waals surface area contributed by atoms with Crippen LogP contribution in [0.2, 0.25) is 0 Å². The molecule has 0 saturated heterocycles. The number of nitrogens with zero attached hydrogens (tertiary/aromatic N) is 4. The van der Waals surface area contributed by atoms with Gasteiger partial charge in [0, 0.05) is 29.4 Å². The van der Waals surface area contributed by atoms with Gasteiger partial charge in [0.1, 0.15) is 0 Å². The predicted molar refractivity (Wildman–Crippen MR) is 78.9 cm³/mol. The number of rotatable bonds is 2. The number of ether oxygens (including phenoxy) is 1. The number of aromatic amines is 1. The van der Waals surface area contributed by atoms with E-state index in [0.29, 0.717) is 18.4 Å². The molecule has 0 aromatic carbocycles. The number of hydrogen-bond acceptors (Lipinski definition) is 7. The van der Waals surface area contributed by atoms with E-state index in [1.807, 2.05) is 19.2 Å². The van der Waals surface area contributed by atoms with Crippen molar-refractivity contribution in [1.29, 1.82) is 0 Å². The zero-order chi connectivity index (χ0) is 14.2. The number of thiazole rings is 1. The summed E-state index contributed by atoms with van der Waals surface area (Å²) >= 11 is 1.59. The second kappa shape index (κ2) is 4.81. The zero-order valence-corrected chi connectivity index (χ0v) is 12.1. The molecule has 0 radical (unpaired) electrons. The van der Waals surface area contributed by atoms with Crippen LogP contribution < -0.4 is 10.1 Å². The fourth-order valence-corrected chi connectivity index (χ4v) is 3.14. The summed E-state index contributed by atoms with van der Waals surface area (Å²) in [5, 5.41) is 10.8. The Morgan fingerprint density at radius 3 is 3.24 bits per heavy atom. The van der Waals surface area contributed by atoms with Crippen LogP contribution in [0.5, 0.6) is 5.88 Å². The third-order valence-corrected chi connectivity index (χ3v) is 4.17. The quantitative estimate of drug-likeness (QED) is 0.755. The van der Waals surface area contributed by atoms with Crippen molar-refractivity contribution in [3.8, 4) is 17.1 Å². The maximum atomic E-state index is 5.58. The molecule has 0 bridgehead atoms. The first-order valence-corrected chi connectivity index (χ1v) is 7.34. The Kier molecular flexibility index (Phi) is 2.81. The fraction of sp³-hybridized carbons (Fsp3) is 0.231. The smallest absolute Gasteiger partial charge is 0.242 e. The lowest BCUT2D eigenvalue weighted by molar-refractivity contribution is 0.314. The molecule has 2 N–H and O–H groups in total. The van der Waals surface area contributed by atoms with Crippen molar-refractivity contribution in [2.75, 3.05) is 11.9 Å². The molecule has 3 aromatic rings. The van der Waals surface area contributed by atoms with Crippen molar-refractivity contribution in [3.63, 3.8) is 0 Å². The summed E-state index contributed by atoms with van der Waals surface area (Å²) in [6, 6.07) is 1.86. The number of anilines is 2. The molecule has 4 rings (SSSR count). The van der Waals surface area contributed by atoms with Gasteiger partial charge >= 0.3 is 0 Å². The van der Waals surface area contributed by atoms with Gasteiger partial charge in [0.2, 0.25) is 11.8 Å². The fourth-order valence-electron chi connectivity index (χ4n) is 2.19. The summed E-state index contributed by atoms with van der Waals surface area (Å²) in [7, 11) is 0. The largest absolute Gasteiger partial charge is 0.476 e. The summed E-state index contributed by atoms with van der Waals surface area (Å²) in [5.74, 6) is 1.17. The van der Waals surface area contributed by atoms with Gasteiger partial charge in [-0.1, -0.05) is 0 Å². The first-order valence-electron chi connectivity index (χ1n) is 6.53. The van der Waals surface area contributed by atoms with E-state index in [1.165, 1.54) is 4.88 Å². The first kappa shape index (κ1) is 12.3. The van der Waals surface area contributed by atoms with Crippen LogP contribution in [0.4, 0.5) is 11.1 Å². The van der Waals surface area contributed by atoms with Crippen molar-refractivity contribution in [2.24, 2.45) is 0 Å². The molecule has 0 saturated carbocycles. The van der Waals surface area contributed by atoms with Crippen molar-refractivity contribution in [2.45, 2.75) is 13.3 Å². The van der Waals surface area contributed by atoms with Crippen molar-refractivity contribution in [3.05, 3.63) is 29.0 Å². The molecular formula is C13H12N6OS. The molecule has 7 nitrogen and oxygen atoms in total. The van der Waals surface area contributed by atoms with E-state index in [1.54, 1.807) is 17.5 Å². The number of hydrogen-bond donors (Lipinski definition) is 2. The normalized spacial score (nSPS) is 13.0. The Bertz CT molecular complexity index is 796. The lowest BCUT2D eigenvalue weighted by Gasteiger charge is -2.01. The van der Waals surface area contributed by atoms with Crippen LogP contribution in [0.3, 0.4) is 0 Å². The Balaban J connectivity index is 1.70. The highest BCUT2D eigenvalue weighted by Gasteiger charge is 2.22. The van der Waals surface area contributed by atoms with Gasteiger partial charge in [-0.3, -0.25) is 5.10 Å². The van der Waals surface area contributed by atoms with Crippen molar-refractivity contribution < 1.29 is 4.74 Å². The third kappa shape index (κ3) is 2.23. The minimum atomic E-state index is 0.558. The van der Waals surface area contributed by atoms with E-state index in [-0.39, 0.29) is 0 Å². The molecule has 0 unspecified atom stereocenters. The molecule has 0 spiro atoms. The average Bonchev–Trinajstić information content (AvgIpc) is 3.03. The standard InChI is InChI=1S/C13H12N6OS/c1-7-2-4-14-12(16-7)18-13-17-10-8-6-15-19-11(8)20-5-3-9(10)21-13/h2,4,6H,3,5H2,1H3,(H,15,19)(H,14,16,17,18). The van der Waals surface area contributed by atoms with Gasteiger partial charge in [0.15, 0.2) is 5.13 Å². The van der Waals surface area contributed by atoms with Crippen LogP contribution in [0, 0.1) is 6.92 Å². The van der Waals surface area contributed by atoms with Gasteiger partial charge in [-0.2, -0.15) is 0 Å². The Labute approximate surface area is 124 Å². The van der Waals surface area contributed by atoms with Gasteiger partial charge in [-0.25, -0.2) is 15.0 Å². The highest BCUT2D eigenvalue weighted by Crippen LogP contribution is 2.38. The molecule has 3 aromatic heterocycles. The Hall–Kier alpha value is -2.48. The van der Waals surface area contributed by atoms with E-state index in [0.717, 1.165) is 28.5 Å². The van der Waals surface area contributed by atoms with E-state index in [2.05, 4.69) is 30.5 Å². The van der Waals surface area contributed by atoms with Crippen LogP contribution in [0.1, 0.15) is 10.6 Å². The van der Waals surface area contributed by atoms with E-state index in [9.17, 15) is 0 Å². The topological polar surface area (TPSA) is 88.6 Å². The van der Waals surface area contributed by atoms with E-state index >= 15 is 0 Å². The second-order valence-electron chi connectivity index (χ2n) is 4.64. The molecule has 21 heavy (non-hydrogen) atoms. The minimum absolute atomic E-state index is 0.558. The molecule has 0 fully saturated rings. The van der Waals surface area contributed by atoms with Crippen molar-refractivity contribution >= 4 is 22.4 Å². The van der Waals surface area contributed by atoms with E-state index in [4.69, 9.17) is 4.74 Å². The monoisotopic (exact) mass is 300 g/mol. The highest BCUT2D eigenvalue weighted by molar-refractivity contribution is 7.16. The first-order chi connectivity index (χ1) is 10.3. The maximum absolute atomic E-state index is 5.58.